The van der Waals surface area contributed by atoms with Crippen LogP contribution in [-0.4, -0.2) is 16.6 Å². The Balaban J connectivity index is 2.25. The summed E-state index contributed by atoms with van der Waals surface area (Å²) in [7, 11) is 0. The van der Waals surface area contributed by atoms with Crippen molar-refractivity contribution in [3.05, 3.63) is 40.8 Å². The Morgan fingerprint density at radius 3 is 2.55 bits per heavy atom. The van der Waals surface area contributed by atoms with Crippen molar-refractivity contribution >= 4 is 15.9 Å². The first kappa shape index (κ1) is 14.8. The number of nitrogens with zero attached hydrogens (tertiary/aromatic N) is 2. The molecule has 2 aromatic rings. The standard InChI is InChI=1S/C15H17BrN2O2/c1-3-7-14-17-13(16)10-15(18-14)20-12-9-6-5-8-11(12)19-4-2/h5-6,8-10H,3-4,7H2,1-2H3. The van der Waals surface area contributed by atoms with E-state index >= 15 is 0 Å². The van der Waals surface area contributed by atoms with E-state index in [0.717, 1.165) is 23.3 Å². The number of aryl methyl sites for hydroxylation is 1. The summed E-state index contributed by atoms with van der Waals surface area (Å²) in [6.45, 7) is 4.63. The van der Waals surface area contributed by atoms with Crippen molar-refractivity contribution < 1.29 is 9.47 Å². The van der Waals surface area contributed by atoms with Gasteiger partial charge >= 0.3 is 0 Å². The molecule has 0 amide bonds. The van der Waals surface area contributed by atoms with Crippen LogP contribution in [0.5, 0.6) is 17.4 Å². The van der Waals surface area contributed by atoms with Gasteiger partial charge in [0.1, 0.15) is 10.4 Å². The van der Waals surface area contributed by atoms with Gasteiger partial charge in [0, 0.05) is 12.5 Å². The Labute approximate surface area is 127 Å². The molecule has 1 aromatic heterocycles. The second kappa shape index (κ2) is 7.24. The van der Waals surface area contributed by atoms with Crippen LogP contribution in [0.1, 0.15) is 26.1 Å². The van der Waals surface area contributed by atoms with Gasteiger partial charge < -0.3 is 9.47 Å². The second-order valence-electron chi connectivity index (χ2n) is 4.18. The summed E-state index contributed by atoms with van der Waals surface area (Å²) in [5.74, 6) is 2.65. The molecule has 0 aliphatic rings. The molecule has 0 N–H and O–H groups in total. The summed E-state index contributed by atoms with van der Waals surface area (Å²) in [4.78, 5) is 8.72. The zero-order valence-corrected chi connectivity index (χ0v) is 13.2. The van der Waals surface area contributed by atoms with Crippen LogP contribution < -0.4 is 9.47 Å². The van der Waals surface area contributed by atoms with Crippen molar-refractivity contribution in [3.63, 3.8) is 0 Å². The number of hydrogen-bond acceptors (Lipinski definition) is 4. The fourth-order valence-electron chi connectivity index (χ4n) is 1.75. The Morgan fingerprint density at radius 2 is 1.85 bits per heavy atom. The smallest absolute Gasteiger partial charge is 0.223 e. The van der Waals surface area contributed by atoms with E-state index in [9.17, 15) is 0 Å². The van der Waals surface area contributed by atoms with E-state index in [2.05, 4.69) is 32.8 Å². The minimum Gasteiger partial charge on any atom is -0.490 e. The minimum absolute atomic E-state index is 0.516. The molecular weight excluding hydrogens is 320 g/mol. The highest BCUT2D eigenvalue weighted by molar-refractivity contribution is 9.10. The lowest BCUT2D eigenvalue weighted by Gasteiger charge is -2.11. The molecule has 4 nitrogen and oxygen atoms in total. The maximum Gasteiger partial charge on any atom is 0.223 e. The average Bonchev–Trinajstić information content (AvgIpc) is 2.41. The maximum atomic E-state index is 5.82. The van der Waals surface area contributed by atoms with E-state index in [0.29, 0.717) is 24.0 Å². The predicted octanol–water partition coefficient (Wildman–Crippen LogP) is 4.38. The van der Waals surface area contributed by atoms with Crippen LogP contribution in [0.4, 0.5) is 0 Å². The van der Waals surface area contributed by atoms with Gasteiger partial charge in [-0.2, -0.15) is 4.98 Å². The third-order valence-corrected chi connectivity index (χ3v) is 2.96. The first-order valence-corrected chi connectivity index (χ1v) is 7.45. The summed E-state index contributed by atoms with van der Waals surface area (Å²) in [6.07, 6.45) is 1.81. The summed E-state index contributed by atoms with van der Waals surface area (Å²) < 4.78 is 12.1. The molecule has 106 valence electrons. The summed E-state index contributed by atoms with van der Waals surface area (Å²) in [6, 6.07) is 9.31. The number of aromatic nitrogens is 2. The van der Waals surface area contributed by atoms with Crippen LogP contribution in [0, 0.1) is 0 Å². The Morgan fingerprint density at radius 1 is 1.10 bits per heavy atom. The fraction of sp³-hybridized carbons (Fsp3) is 0.333. The molecule has 0 atom stereocenters. The number of ether oxygens (including phenoxy) is 2. The second-order valence-corrected chi connectivity index (χ2v) is 4.99. The van der Waals surface area contributed by atoms with Gasteiger partial charge in [0.25, 0.3) is 0 Å². The predicted molar refractivity (Wildman–Crippen MR) is 81.4 cm³/mol. The lowest BCUT2D eigenvalue weighted by molar-refractivity contribution is 0.319. The lowest BCUT2D eigenvalue weighted by Crippen LogP contribution is -1.99. The molecule has 0 saturated heterocycles. The molecule has 0 fully saturated rings. The molecule has 0 aliphatic heterocycles. The van der Waals surface area contributed by atoms with Crippen LogP contribution >= 0.6 is 15.9 Å². The third kappa shape index (κ3) is 3.93. The first-order valence-electron chi connectivity index (χ1n) is 6.66. The SMILES string of the molecule is CCCc1nc(Br)cc(Oc2ccccc2OCC)n1. The van der Waals surface area contributed by atoms with Crippen molar-refractivity contribution in [2.75, 3.05) is 6.61 Å². The van der Waals surface area contributed by atoms with Crippen LogP contribution in [0.2, 0.25) is 0 Å². The van der Waals surface area contributed by atoms with Crippen LogP contribution in [0.3, 0.4) is 0 Å². The van der Waals surface area contributed by atoms with Crippen LogP contribution in [0.15, 0.2) is 34.9 Å². The highest BCUT2D eigenvalue weighted by atomic mass is 79.9. The van der Waals surface area contributed by atoms with Crippen LogP contribution in [0.25, 0.3) is 0 Å². The van der Waals surface area contributed by atoms with Gasteiger partial charge in [-0.05, 0) is 41.4 Å². The third-order valence-electron chi connectivity index (χ3n) is 2.55. The molecule has 0 bridgehead atoms. The first-order chi connectivity index (χ1) is 9.72. The van der Waals surface area contributed by atoms with E-state index in [1.165, 1.54) is 0 Å². The van der Waals surface area contributed by atoms with Crippen molar-refractivity contribution in [1.29, 1.82) is 0 Å². The molecule has 0 saturated carbocycles. The maximum absolute atomic E-state index is 5.82. The van der Waals surface area contributed by atoms with Gasteiger partial charge in [0.2, 0.25) is 5.88 Å². The molecule has 0 aliphatic carbocycles. The number of rotatable bonds is 6. The summed E-state index contributed by atoms with van der Waals surface area (Å²) >= 11 is 3.38. The van der Waals surface area contributed by atoms with E-state index < -0.39 is 0 Å². The molecule has 5 heteroatoms. The van der Waals surface area contributed by atoms with E-state index in [1.54, 1.807) is 6.07 Å². The number of benzene rings is 1. The highest BCUT2D eigenvalue weighted by Gasteiger charge is 2.08. The zero-order valence-electron chi connectivity index (χ0n) is 11.6. The van der Waals surface area contributed by atoms with Gasteiger partial charge in [-0.25, -0.2) is 4.98 Å². The highest BCUT2D eigenvalue weighted by Crippen LogP contribution is 2.31. The normalized spacial score (nSPS) is 10.3. The van der Waals surface area contributed by atoms with Gasteiger partial charge in [0.05, 0.1) is 6.61 Å². The van der Waals surface area contributed by atoms with E-state index in [-0.39, 0.29) is 0 Å². The molecule has 0 radical (unpaired) electrons. The van der Waals surface area contributed by atoms with E-state index in [1.807, 2.05) is 31.2 Å². The topological polar surface area (TPSA) is 44.2 Å². The zero-order chi connectivity index (χ0) is 14.4. The quantitative estimate of drug-likeness (QED) is 0.734. The molecule has 2 rings (SSSR count). The molecule has 1 aromatic carbocycles. The lowest BCUT2D eigenvalue weighted by atomic mass is 10.3. The van der Waals surface area contributed by atoms with Crippen LogP contribution in [-0.2, 0) is 6.42 Å². The Kier molecular flexibility index (Phi) is 5.35. The van der Waals surface area contributed by atoms with Crippen molar-refractivity contribution in [3.8, 4) is 17.4 Å². The van der Waals surface area contributed by atoms with Gasteiger partial charge in [-0.15, -0.1) is 0 Å². The summed E-state index contributed by atoms with van der Waals surface area (Å²) in [5, 5.41) is 0. The fourth-order valence-corrected chi connectivity index (χ4v) is 2.15. The van der Waals surface area contributed by atoms with Gasteiger partial charge in [-0.1, -0.05) is 19.1 Å². The molecule has 0 unspecified atom stereocenters. The number of para-hydroxylation sites is 2. The average molecular weight is 337 g/mol. The van der Waals surface area contributed by atoms with Crippen molar-refractivity contribution in [2.24, 2.45) is 0 Å². The Hall–Kier alpha value is -1.62. The van der Waals surface area contributed by atoms with Crippen molar-refractivity contribution in [1.82, 2.24) is 9.97 Å². The van der Waals surface area contributed by atoms with E-state index in [4.69, 9.17) is 9.47 Å². The minimum atomic E-state index is 0.516. The molecule has 20 heavy (non-hydrogen) atoms. The Bertz CT molecular complexity index is 576. The molecule has 0 spiro atoms. The molecular formula is C15H17BrN2O2. The monoisotopic (exact) mass is 336 g/mol. The number of hydrogen-bond donors (Lipinski definition) is 0. The summed E-state index contributed by atoms with van der Waals surface area (Å²) in [5.41, 5.74) is 0. The van der Waals surface area contributed by atoms with Gasteiger partial charge in [0.15, 0.2) is 11.5 Å². The van der Waals surface area contributed by atoms with Crippen molar-refractivity contribution in [2.45, 2.75) is 26.7 Å². The number of halogens is 1. The molecule has 1 heterocycles. The van der Waals surface area contributed by atoms with Gasteiger partial charge in [-0.3, -0.25) is 0 Å². The largest absolute Gasteiger partial charge is 0.490 e.